The van der Waals surface area contributed by atoms with E-state index in [2.05, 4.69) is 0 Å². The van der Waals surface area contributed by atoms with Crippen molar-refractivity contribution < 1.29 is 53.9 Å². The van der Waals surface area contributed by atoms with Gasteiger partial charge in [0.05, 0.1) is 0 Å². The van der Waals surface area contributed by atoms with Crippen molar-refractivity contribution >= 4 is 52.4 Å². The van der Waals surface area contributed by atoms with Gasteiger partial charge in [-0.05, 0) is 0 Å². The normalized spacial score (nSPS) is 0. The molecule has 0 unspecified atom stereocenters. The van der Waals surface area contributed by atoms with Crippen LogP contribution < -0.4 is 0 Å². The van der Waals surface area contributed by atoms with Gasteiger partial charge in [-0.2, -0.15) is 0 Å². The van der Waals surface area contributed by atoms with Gasteiger partial charge in [0.1, 0.15) is 0 Å². The molecule has 9 heavy (non-hydrogen) atoms. The van der Waals surface area contributed by atoms with Crippen molar-refractivity contribution in [2.75, 3.05) is 0 Å². The Morgan fingerprint density at radius 2 is 0.333 bits per heavy atom. The maximum atomic E-state index is 0. The molecule has 0 aliphatic rings. The van der Waals surface area contributed by atoms with Crippen LogP contribution in [-0.2, 0) is 53.9 Å². The van der Waals surface area contributed by atoms with Gasteiger partial charge in [0.2, 0.25) is 0 Å². The summed E-state index contributed by atoms with van der Waals surface area (Å²) in [4.78, 5) is 0. The first kappa shape index (κ1) is 239. The van der Waals surface area contributed by atoms with Gasteiger partial charge in [0.15, 0.2) is 0 Å². The molecule has 0 saturated heterocycles. The molecule has 0 amide bonds. The van der Waals surface area contributed by atoms with E-state index in [-0.39, 0.29) is 106 Å². The van der Waals surface area contributed by atoms with Crippen molar-refractivity contribution in [1.82, 2.24) is 0 Å². The van der Waals surface area contributed by atoms with Crippen molar-refractivity contribution in [2.24, 2.45) is 0 Å². The Hall–Kier alpha value is 2.21. The standard InChI is InChI=1S/2Bi.Mo.6O/q2*+3;;6*-2. The number of hydrogen-bond acceptors (Lipinski definition) is 0. The average molecular weight is 610 g/mol. The summed E-state index contributed by atoms with van der Waals surface area (Å²) in [6.45, 7) is 0. The van der Waals surface area contributed by atoms with E-state index >= 15 is 0 Å². The maximum absolute atomic E-state index is 0. The quantitative estimate of drug-likeness (QED) is 0.292. The molecule has 0 fully saturated rings. The van der Waals surface area contributed by atoms with Crippen LogP contribution in [0.1, 0.15) is 0 Å². The maximum Gasteiger partial charge on any atom is 3.00 e. The molecule has 58 valence electrons. The van der Waals surface area contributed by atoms with Crippen molar-refractivity contribution in [3.8, 4) is 0 Å². The molecule has 0 heterocycles. The topological polar surface area (TPSA) is 171 Å². The van der Waals surface area contributed by atoms with Crippen molar-refractivity contribution in [2.45, 2.75) is 0 Å². The fourth-order valence-electron chi connectivity index (χ4n) is 0. The summed E-state index contributed by atoms with van der Waals surface area (Å²) in [5.41, 5.74) is 0. The van der Waals surface area contributed by atoms with E-state index in [1.54, 1.807) is 0 Å². The molecule has 6 nitrogen and oxygen atoms in total. The Balaban J connectivity index is 0. The summed E-state index contributed by atoms with van der Waals surface area (Å²) in [6, 6.07) is 0. The first-order valence-electron chi connectivity index (χ1n) is 0. The van der Waals surface area contributed by atoms with E-state index in [0.29, 0.717) is 0 Å². The van der Waals surface area contributed by atoms with Gasteiger partial charge < -0.3 is 32.9 Å². The monoisotopic (exact) mass is 612 g/mol. The van der Waals surface area contributed by atoms with Gasteiger partial charge in [-0.3, -0.25) is 0 Å². The van der Waals surface area contributed by atoms with Crippen molar-refractivity contribution in [1.29, 1.82) is 0 Å². The molecular weight excluding hydrogens is 610 g/mol. The first-order chi connectivity index (χ1) is 0. The molecule has 0 spiro atoms. The molecule has 0 aliphatic heterocycles. The van der Waals surface area contributed by atoms with Crippen molar-refractivity contribution in [3.63, 3.8) is 0 Å². The number of rotatable bonds is 0. The largest absolute Gasteiger partial charge is 3.00 e. The van der Waals surface area contributed by atoms with Gasteiger partial charge in [0.25, 0.3) is 0 Å². The second-order valence-electron chi connectivity index (χ2n) is 0. The Labute approximate surface area is 105 Å². The molecule has 0 atom stereocenters. The summed E-state index contributed by atoms with van der Waals surface area (Å²) in [7, 11) is 0. The predicted molar refractivity (Wildman–Crippen MR) is 15.6 cm³/mol. The van der Waals surface area contributed by atoms with Gasteiger partial charge in [-0.15, -0.1) is 0 Å². The summed E-state index contributed by atoms with van der Waals surface area (Å²) >= 11 is 0. The molecule has 0 aromatic heterocycles. The number of hydrogen-bond donors (Lipinski definition) is 0. The molecule has 0 aromatic rings. The van der Waals surface area contributed by atoms with Crippen LogP contribution in [-0.4, -0.2) is 52.4 Å². The van der Waals surface area contributed by atoms with Crippen LogP contribution in [0.4, 0.5) is 0 Å². The summed E-state index contributed by atoms with van der Waals surface area (Å²) < 4.78 is 0. The van der Waals surface area contributed by atoms with Crippen LogP contribution >= 0.6 is 0 Å². The van der Waals surface area contributed by atoms with Gasteiger partial charge in [-0.1, -0.05) is 0 Å². The molecule has 4 radical (unpaired) electrons. The van der Waals surface area contributed by atoms with Crippen LogP contribution in [0.5, 0.6) is 0 Å². The van der Waals surface area contributed by atoms with E-state index in [1.807, 2.05) is 0 Å². The zero-order valence-electron chi connectivity index (χ0n) is 3.75. The fraction of sp³-hybridized carbons (Fsp3) is 0. The molecule has 0 N–H and O–H groups in total. The minimum absolute atomic E-state index is 0. The van der Waals surface area contributed by atoms with E-state index in [1.165, 1.54) is 0 Å². The second-order valence-corrected chi connectivity index (χ2v) is 0. The second kappa shape index (κ2) is 177. The summed E-state index contributed by atoms with van der Waals surface area (Å²) in [6.07, 6.45) is 0. The van der Waals surface area contributed by atoms with Crippen molar-refractivity contribution in [3.05, 3.63) is 0 Å². The third kappa shape index (κ3) is 141. The Bertz CT molecular complexity index is 11.0. The van der Waals surface area contributed by atoms with Gasteiger partial charge in [0, 0.05) is 21.1 Å². The fourth-order valence-corrected chi connectivity index (χ4v) is 0. The zero-order chi connectivity index (χ0) is 0. The van der Waals surface area contributed by atoms with Crippen LogP contribution in [0.2, 0.25) is 0 Å². The Kier molecular flexibility index (Phi) is 4690. The summed E-state index contributed by atoms with van der Waals surface area (Å²) in [5.74, 6) is 0. The van der Waals surface area contributed by atoms with E-state index in [4.69, 9.17) is 0 Å². The predicted octanol–water partition coefficient (Wildman–Crippen LogP) is -1.48. The molecule has 0 aromatic carbocycles. The molecular formula is Bi2MoO6-6. The third-order valence-electron chi connectivity index (χ3n) is 0. The van der Waals surface area contributed by atoms with E-state index < -0.39 is 0 Å². The average Bonchev–Trinajstić information content (AvgIpc) is 0. The van der Waals surface area contributed by atoms with Gasteiger partial charge >= 0.3 is 52.4 Å². The van der Waals surface area contributed by atoms with E-state index in [9.17, 15) is 0 Å². The smallest absolute Gasteiger partial charge is 2.00 e. The van der Waals surface area contributed by atoms with Crippen LogP contribution in [0.3, 0.4) is 0 Å². The third-order valence-corrected chi connectivity index (χ3v) is 0. The molecule has 0 aliphatic carbocycles. The molecule has 0 bridgehead atoms. The SMILES string of the molecule is [Bi+3].[Bi+3].[Mo].[O-2].[O-2].[O-2].[O-2].[O-2].[O-2]. The Morgan fingerprint density at radius 1 is 0.333 bits per heavy atom. The Morgan fingerprint density at radius 3 is 0.333 bits per heavy atom. The van der Waals surface area contributed by atoms with Gasteiger partial charge in [-0.25, -0.2) is 0 Å². The molecule has 0 rings (SSSR count). The zero-order valence-corrected chi connectivity index (χ0v) is 12.7. The molecule has 0 saturated carbocycles. The van der Waals surface area contributed by atoms with E-state index in [0.717, 1.165) is 0 Å². The minimum atomic E-state index is 0. The summed E-state index contributed by atoms with van der Waals surface area (Å²) in [5, 5.41) is 0. The van der Waals surface area contributed by atoms with Crippen LogP contribution in [0.25, 0.3) is 0 Å². The minimum Gasteiger partial charge on any atom is -2.00 e. The first-order valence-corrected chi connectivity index (χ1v) is 0. The van der Waals surface area contributed by atoms with Crippen LogP contribution in [0, 0.1) is 0 Å². The molecule has 9 heteroatoms. The van der Waals surface area contributed by atoms with Crippen LogP contribution in [0.15, 0.2) is 0 Å².